The standard InChI is InChI=1S/C16H26N2/c1-13(14-5-3-2-4-6-14)11-16(12-17)15-7-9-18-10-8-15/h2-6,13,15-16,18H,7-12,17H2,1H3/t13-,16+/m1/s1. The van der Waals surface area contributed by atoms with Crippen molar-refractivity contribution in [2.75, 3.05) is 19.6 Å². The zero-order valence-electron chi connectivity index (χ0n) is 11.4. The molecule has 1 aliphatic rings. The molecule has 0 unspecified atom stereocenters. The maximum Gasteiger partial charge on any atom is -0.00460 e. The van der Waals surface area contributed by atoms with Gasteiger partial charge in [-0.15, -0.1) is 0 Å². The number of hydrogen-bond donors (Lipinski definition) is 2. The third-order valence-corrected chi connectivity index (χ3v) is 4.38. The maximum atomic E-state index is 6.01. The van der Waals surface area contributed by atoms with Crippen LogP contribution in [0.25, 0.3) is 0 Å². The zero-order chi connectivity index (χ0) is 12.8. The zero-order valence-corrected chi connectivity index (χ0v) is 11.4. The molecule has 18 heavy (non-hydrogen) atoms. The van der Waals surface area contributed by atoms with E-state index >= 15 is 0 Å². The summed E-state index contributed by atoms with van der Waals surface area (Å²) < 4.78 is 0. The second kappa shape index (κ2) is 6.91. The van der Waals surface area contributed by atoms with Gasteiger partial charge in [0.2, 0.25) is 0 Å². The summed E-state index contributed by atoms with van der Waals surface area (Å²) in [6.45, 7) is 5.50. The van der Waals surface area contributed by atoms with Gasteiger partial charge >= 0.3 is 0 Å². The summed E-state index contributed by atoms with van der Waals surface area (Å²) in [5.41, 5.74) is 7.46. The van der Waals surface area contributed by atoms with Gasteiger partial charge in [0.25, 0.3) is 0 Å². The quantitative estimate of drug-likeness (QED) is 0.838. The molecule has 3 N–H and O–H groups in total. The van der Waals surface area contributed by atoms with Gasteiger partial charge in [-0.2, -0.15) is 0 Å². The van der Waals surface area contributed by atoms with E-state index < -0.39 is 0 Å². The fraction of sp³-hybridized carbons (Fsp3) is 0.625. The van der Waals surface area contributed by atoms with Gasteiger partial charge in [-0.3, -0.25) is 0 Å². The van der Waals surface area contributed by atoms with Gasteiger partial charge in [-0.05, 0) is 62.2 Å². The van der Waals surface area contributed by atoms with Crippen LogP contribution in [0.5, 0.6) is 0 Å². The predicted molar refractivity (Wildman–Crippen MR) is 77.6 cm³/mol. The van der Waals surface area contributed by atoms with Crippen LogP contribution in [-0.2, 0) is 0 Å². The SMILES string of the molecule is C[C@H](C[C@@H](CN)C1CCNCC1)c1ccccc1. The molecule has 0 aromatic heterocycles. The molecule has 100 valence electrons. The largest absolute Gasteiger partial charge is 0.330 e. The highest BCUT2D eigenvalue weighted by atomic mass is 14.9. The van der Waals surface area contributed by atoms with E-state index in [0.29, 0.717) is 11.8 Å². The van der Waals surface area contributed by atoms with Crippen LogP contribution in [0.15, 0.2) is 30.3 Å². The van der Waals surface area contributed by atoms with E-state index in [-0.39, 0.29) is 0 Å². The highest BCUT2D eigenvalue weighted by Crippen LogP contribution is 2.30. The molecule has 0 amide bonds. The molecule has 1 heterocycles. The first kappa shape index (κ1) is 13.6. The first-order valence-corrected chi connectivity index (χ1v) is 7.27. The van der Waals surface area contributed by atoms with Gasteiger partial charge in [-0.25, -0.2) is 0 Å². The minimum absolute atomic E-state index is 0.620. The molecule has 0 aliphatic carbocycles. The Morgan fingerprint density at radius 1 is 1.22 bits per heavy atom. The molecule has 1 aromatic rings. The lowest BCUT2D eigenvalue weighted by atomic mass is 9.78. The van der Waals surface area contributed by atoms with Gasteiger partial charge in [0.15, 0.2) is 0 Å². The number of piperidine rings is 1. The summed E-state index contributed by atoms with van der Waals surface area (Å²) >= 11 is 0. The van der Waals surface area contributed by atoms with Crippen molar-refractivity contribution in [3.8, 4) is 0 Å². The molecular formula is C16H26N2. The van der Waals surface area contributed by atoms with Crippen molar-refractivity contribution in [3.05, 3.63) is 35.9 Å². The molecule has 1 fully saturated rings. The molecule has 2 atom stereocenters. The molecule has 0 saturated carbocycles. The Bertz CT molecular complexity index is 330. The molecule has 2 rings (SSSR count). The van der Waals surface area contributed by atoms with Gasteiger partial charge in [0.1, 0.15) is 0 Å². The van der Waals surface area contributed by atoms with E-state index in [1.54, 1.807) is 0 Å². The van der Waals surface area contributed by atoms with Crippen molar-refractivity contribution in [1.29, 1.82) is 0 Å². The van der Waals surface area contributed by atoms with Crippen LogP contribution in [0.2, 0.25) is 0 Å². The van der Waals surface area contributed by atoms with E-state index in [1.165, 1.54) is 37.9 Å². The van der Waals surface area contributed by atoms with Crippen molar-refractivity contribution < 1.29 is 0 Å². The Morgan fingerprint density at radius 3 is 2.50 bits per heavy atom. The Morgan fingerprint density at radius 2 is 1.89 bits per heavy atom. The van der Waals surface area contributed by atoms with E-state index in [4.69, 9.17) is 5.73 Å². The summed E-state index contributed by atoms with van der Waals surface area (Å²) in [5, 5.41) is 3.44. The highest BCUT2D eigenvalue weighted by molar-refractivity contribution is 5.18. The van der Waals surface area contributed by atoms with Gasteiger partial charge < -0.3 is 11.1 Å². The number of hydrogen-bond acceptors (Lipinski definition) is 2. The summed E-state index contributed by atoms with van der Waals surface area (Å²) in [7, 11) is 0. The van der Waals surface area contributed by atoms with Crippen LogP contribution in [0.3, 0.4) is 0 Å². The van der Waals surface area contributed by atoms with E-state index in [2.05, 4.69) is 42.6 Å². The van der Waals surface area contributed by atoms with Crippen LogP contribution >= 0.6 is 0 Å². The molecule has 0 bridgehead atoms. The summed E-state index contributed by atoms with van der Waals surface area (Å²) in [5.74, 6) is 2.12. The van der Waals surface area contributed by atoms with Crippen molar-refractivity contribution in [1.82, 2.24) is 5.32 Å². The lowest BCUT2D eigenvalue weighted by molar-refractivity contribution is 0.243. The normalized spacial score (nSPS) is 20.6. The molecule has 2 nitrogen and oxygen atoms in total. The van der Waals surface area contributed by atoms with Crippen molar-refractivity contribution >= 4 is 0 Å². The number of benzene rings is 1. The smallest absolute Gasteiger partial charge is 0.00460 e. The lowest BCUT2D eigenvalue weighted by Gasteiger charge is -2.31. The average molecular weight is 246 g/mol. The molecule has 1 aliphatic heterocycles. The first-order valence-electron chi connectivity index (χ1n) is 7.27. The summed E-state index contributed by atoms with van der Waals surface area (Å²) in [4.78, 5) is 0. The molecule has 2 heteroatoms. The van der Waals surface area contributed by atoms with Crippen molar-refractivity contribution in [2.24, 2.45) is 17.6 Å². The van der Waals surface area contributed by atoms with E-state index in [9.17, 15) is 0 Å². The van der Waals surface area contributed by atoms with Gasteiger partial charge in [-0.1, -0.05) is 37.3 Å². The molecule has 0 radical (unpaired) electrons. The molecular weight excluding hydrogens is 220 g/mol. The highest BCUT2D eigenvalue weighted by Gasteiger charge is 2.24. The molecule has 0 spiro atoms. The third-order valence-electron chi connectivity index (χ3n) is 4.38. The Kier molecular flexibility index (Phi) is 5.21. The Balaban J connectivity index is 1.93. The fourth-order valence-corrected chi connectivity index (χ4v) is 3.17. The fourth-order valence-electron chi connectivity index (χ4n) is 3.17. The summed E-state index contributed by atoms with van der Waals surface area (Å²) in [6.07, 6.45) is 3.82. The van der Waals surface area contributed by atoms with Crippen LogP contribution in [0.1, 0.15) is 37.7 Å². The van der Waals surface area contributed by atoms with Gasteiger partial charge in [0.05, 0.1) is 0 Å². The topological polar surface area (TPSA) is 38.0 Å². The third kappa shape index (κ3) is 3.56. The van der Waals surface area contributed by atoms with Crippen LogP contribution in [0.4, 0.5) is 0 Å². The molecule has 1 saturated heterocycles. The lowest BCUT2D eigenvalue weighted by Crippen LogP contribution is -2.35. The monoisotopic (exact) mass is 246 g/mol. The average Bonchev–Trinajstić information content (AvgIpc) is 2.46. The number of nitrogens with two attached hydrogens (primary N) is 1. The molecule has 1 aromatic carbocycles. The minimum Gasteiger partial charge on any atom is -0.330 e. The minimum atomic E-state index is 0.620. The van der Waals surface area contributed by atoms with Crippen molar-refractivity contribution in [2.45, 2.75) is 32.1 Å². The van der Waals surface area contributed by atoms with E-state index in [1.807, 2.05) is 0 Å². The van der Waals surface area contributed by atoms with Crippen LogP contribution in [-0.4, -0.2) is 19.6 Å². The number of nitrogens with one attached hydrogen (secondary N) is 1. The maximum absolute atomic E-state index is 6.01. The van der Waals surface area contributed by atoms with Crippen LogP contribution < -0.4 is 11.1 Å². The second-order valence-corrected chi connectivity index (χ2v) is 5.63. The van der Waals surface area contributed by atoms with Gasteiger partial charge in [0, 0.05) is 0 Å². The Hall–Kier alpha value is -0.860. The van der Waals surface area contributed by atoms with Crippen LogP contribution in [0, 0.1) is 11.8 Å². The van der Waals surface area contributed by atoms with Crippen molar-refractivity contribution in [3.63, 3.8) is 0 Å². The summed E-state index contributed by atoms with van der Waals surface area (Å²) in [6, 6.07) is 10.8. The number of rotatable bonds is 5. The Labute approximate surface area is 111 Å². The second-order valence-electron chi connectivity index (χ2n) is 5.63. The first-order chi connectivity index (χ1) is 8.81. The van der Waals surface area contributed by atoms with E-state index in [0.717, 1.165) is 12.5 Å². The predicted octanol–water partition coefficient (Wildman–Crippen LogP) is 2.75.